The Morgan fingerprint density at radius 1 is 1.43 bits per heavy atom. The number of hydrogen-bond acceptors (Lipinski definition) is 3. The number of ether oxygens (including phenoxy) is 1. The van der Waals surface area contributed by atoms with E-state index in [1.54, 1.807) is 24.5 Å². The molecular formula is C16H19BrFNOS. The second-order valence-electron chi connectivity index (χ2n) is 4.86. The fourth-order valence-corrected chi connectivity index (χ4v) is 3.64. The molecule has 0 amide bonds. The number of benzene rings is 1. The highest BCUT2D eigenvalue weighted by atomic mass is 79.9. The molecule has 1 aromatic heterocycles. The van der Waals surface area contributed by atoms with Gasteiger partial charge in [0, 0.05) is 16.5 Å². The minimum atomic E-state index is -0.312. The van der Waals surface area contributed by atoms with Gasteiger partial charge >= 0.3 is 0 Å². The summed E-state index contributed by atoms with van der Waals surface area (Å²) in [5, 5.41) is 5.62. The van der Waals surface area contributed by atoms with Crippen LogP contribution in [0.2, 0.25) is 0 Å². The van der Waals surface area contributed by atoms with E-state index in [-0.39, 0.29) is 11.9 Å². The Morgan fingerprint density at radius 2 is 2.19 bits per heavy atom. The minimum absolute atomic E-state index is 0.0109. The van der Waals surface area contributed by atoms with E-state index in [9.17, 15) is 4.39 Å². The summed E-state index contributed by atoms with van der Waals surface area (Å²) in [4.78, 5) is 1.24. The molecule has 0 spiro atoms. The van der Waals surface area contributed by atoms with E-state index in [2.05, 4.69) is 46.5 Å². The molecule has 2 nitrogen and oxygen atoms in total. The molecule has 1 unspecified atom stereocenters. The van der Waals surface area contributed by atoms with Crippen LogP contribution < -0.4 is 10.1 Å². The van der Waals surface area contributed by atoms with Gasteiger partial charge in [0.1, 0.15) is 11.6 Å². The standard InChI is InChI=1S/C16H19BrFNOS/c1-4-6-19-15(16-10(2)5-7-21-16)11-8-12(17)13(18)9-14(11)20-3/h5,7-9,15,19H,4,6H2,1-3H3. The Balaban J connectivity index is 2.51. The smallest absolute Gasteiger partial charge is 0.141 e. The van der Waals surface area contributed by atoms with Gasteiger partial charge in [0.15, 0.2) is 0 Å². The van der Waals surface area contributed by atoms with Crippen LogP contribution in [0.4, 0.5) is 4.39 Å². The largest absolute Gasteiger partial charge is 0.496 e. The van der Waals surface area contributed by atoms with Crippen molar-refractivity contribution in [1.82, 2.24) is 5.32 Å². The average Bonchev–Trinajstić information content (AvgIpc) is 2.89. The van der Waals surface area contributed by atoms with Gasteiger partial charge in [-0.05, 0) is 58.9 Å². The number of thiophene rings is 1. The monoisotopic (exact) mass is 371 g/mol. The maximum absolute atomic E-state index is 13.7. The summed E-state index contributed by atoms with van der Waals surface area (Å²) in [7, 11) is 1.57. The first-order valence-electron chi connectivity index (χ1n) is 6.88. The molecule has 2 rings (SSSR count). The number of rotatable bonds is 6. The Morgan fingerprint density at radius 3 is 2.76 bits per heavy atom. The van der Waals surface area contributed by atoms with Crippen molar-refractivity contribution in [2.24, 2.45) is 0 Å². The van der Waals surface area contributed by atoms with Crippen LogP contribution in [0.5, 0.6) is 5.75 Å². The second-order valence-corrected chi connectivity index (χ2v) is 6.67. The zero-order chi connectivity index (χ0) is 15.4. The number of methoxy groups -OCH3 is 1. The summed E-state index contributed by atoms with van der Waals surface area (Å²) in [5.41, 5.74) is 2.18. The van der Waals surface area contributed by atoms with Crippen LogP contribution in [0.3, 0.4) is 0 Å². The van der Waals surface area contributed by atoms with Gasteiger partial charge in [-0.25, -0.2) is 4.39 Å². The first kappa shape index (κ1) is 16.5. The summed E-state index contributed by atoms with van der Waals surface area (Å²) in [6.07, 6.45) is 1.03. The molecule has 0 bridgehead atoms. The Labute approximate surface area is 137 Å². The van der Waals surface area contributed by atoms with Crippen molar-refractivity contribution in [3.8, 4) is 5.75 Å². The van der Waals surface area contributed by atoms with Gasteiger partial charge in [-0.3, -0.25) is 0 Å². The molecule has 0 saturated carbocycles. The van der Waals surface area contributed by atoms with Crippen molar-refractivity contribution >= 4 is 27.3 Å². The molecule has 21 heavy (non-hydrogen) atoms. The predicted molar refractivity (Wildman–Crippen MR) is 89.8 cm³/mol. The number of hydrogen-bond donors (Lipinski definition) is 1. The lowest BCUT2D eigenvalue weighted by atomic mass is 10.0. The predicted octanol–water partition coefficient (Wildman–Crippen LogP) is 5.06. The highest BCUT2D eigenvalue weighted by Crippen LogP contribution is 2.37. The quantitative estimate of drug-likeness (QED) is 0.766. The normalized spacial score (nSPS) is 12.4. The van der Waals surface area contributed by atoms with E-state index in [1.165, 1.54) is 16.5 Å². The van der Waals surface area contributed by atoms with Crippen molar-refractivity contribution in [2.75, 3.05) is 13.7 Å². The highest BCUT2D eigenvalue weighted by Gasteiger charge is 2.22. The number of nitrogens with one attached hydrogen (secondary N) is 1. The number of halogens is 2. The molecule has 5 heteroatoms. The second kappa shape index (κ2) is 7.38. The molecule has 0 aliphatic heterocycles. The summed E-state index contributed by atoms with van der Waals surface area (Å²) in [6.45, 7) is 5.11. The Bertz CT molecular complexity index is 614. The lowest BCUT2D eigenvalue weighted by molar-refractivity contribution is 0.400. The van der Waals surface area contributed by atoms with Gasteiger partial charge in [0.25, 0.3) is 0 Å². The SMILES string of the molecule is CCCNC(c1cc(Br)c(F)cc1OC)c1sccc1C. The van der Waals surface area contributed by atoms with Crippen molar-refractivity contribution in [3.63, 3.8) is 0 Å². The van der Waals surface area contributed by atoms with Crippen LogP contribution in [0.25, 0.3) is 0 Å². The Hall–Kier alpha value is -0.910. The van der Waals surface area contributed by atoms with Crippen molar-refractivity contribution in [2.45, 2.75) is 26.3 Å². The fraction of sp³-hybridized carbons (Fsp3) is 0.375. The van der Waals surface area contributed by atoms with Gasteiger partial charge in [-0.2, -0.15) is 0 Å². The molecule has 114 valence electrons. The summed E-state index contributed by atoms with van der Waals surface area (Å²) in [5.74, 6) is 0.254. The van der Waals surface area contributed by atoms with Gasteiger partial charge in [-0.15, -0.1) is 11.3 Å². The van der Waals surface area contributed by atoms with Crippen LogP contribution >= 0.6 is 27.3 Å². The van der Waals surface area contributed by atoms with E-state index in [1.807, 2.05) is 0 Å². The third-order valence-electron chi connectivity index (χ3n) is 3.35. The van der Waals surface area contributed by atoms with E-state index in [0.717, 1.165) is 18.5 Å². The fourth-order valence-electron chi connectivity index (χ4n) is 2.26. The molecule has 1 N–H and O–H groups in total. The summed E-state index contributed by atoms with van der Waals surface area (Å²) in [6, 6.07) is 5.35. The van der Waals surface area contributed by atoms with E-state index in [0.29, 0.717) is 10.2 Å². The van der Waals surface area contributed by atoms with E-state index >= 15 is 0 Å². The molecule has 1 aromatic carbocycles. The minimum Gasteiger partial charge on any atom is -0.496 e. The van der Waals surface area contributed by atoms with Crippen LogP contribution in [0.15, 0.2) is 28.1 Å². The van der Waals surface area contributed by atoms with Gasteiger partial charge in [0.2, 0.25) is 0 Å². The highest BCUT2D eigenvalue weighted by molar-refractivity contribution is 9.10. The molecule has 1 atom stereocenters. The summed E-state index contributed by atoms with van der Waals surface area (Å²) < 4.78 is 19.6. The van der Waals surface area contributed by atoms with Gasteiger partial charge < -0.3 is 10.1 Å². The molecule has 0 radical (unpaired) electrons. The first-order valence-corrected chi connectivity index (χ1v) is 8.56. The maximum Gasteiger partial charge on any atom is 0.141 e. The topological polar surface area (TPSA) is 21.3 Å². The van der Waals surface area contributed by atoms with Gasteiger partial charge in [0.05, 0.1) is 17.6 Å². The zero-order valence-electron chi connectivity index (χ0n) is 12.4. The summed E-state index contributed by atoms with van der Waals surface area (Å²) >= 11 is 4.98. The Kier molecular flexibility index (Phi) is 5.79. The van der Waals surface area contributed by atoms with Gasteiger partial charge in [-0.1, -0.05) is 6.92 Å². The number of aryl methyl sites for hydroxylation is 1. The van der Waals surface area contributed by atoms with Crippen LogP contribution in [-0.4, -0.2) is 13.7 Å². The molecule has 0 saturated heterocycles. The van der Waals surface area contributed by atoms with Crippen LogP contribution in [-0.2, 0) is 0 Å². The third kappa shape index (κ3) is 3.65. The third-order valence-corrected chi connectivity index (χ3v) is 5.04. The average molecular weight is 372 g/mol. The van der Waals surface area contributed by atoms with Crippen molar-refractivity contribution in [1.29, 1.82) is 0 Å². The maximum atomic E-state index is 13.7. The first-order chi connectivity index (χ1) is 10.1. The molecule has 1 heterocycles. The van der Waals surface area contributed by atoms with Crippen LogP contribution in [0, 0.1) is 12.7 Å². The lowest BCUT2D eigenvalue weighted by Gasteiger charge is -2.22. The zero-order valence-corrected chi connectivity index (χ0v) is 14.8. The molecular weight excluding hydrogens is 353 g/mol. The van der Waals surface area contributed by atoms with E-state index < -0.39 is 0 Å². The van der Waals surface area contributed by atoms with Crippen LogP contribution in [0.1, 0.15) is 35.4 Å². The van der Waals surface area contributed by atoms with E-state index in [4.69, 9.17) is 4.74 Å². The van der Waals surface area contributed by atoms with Crippen molar-refractivity contribution < 1.29 is 9.13 Å². The lowest BCUT2D eigenvalue weighted by Crippen LogP contribution is -2.23. The molecule has 2 aromatic rings. The van der Waals surface area contributed by atoms with Crippen molar-refractivity contribution in [3.05, 3.63) is 49.9 Å². The molecule has 0 aliphatic rings. The molecule has 0 fully saturated rings. The molecule has 0 aliphatic carbocycles.